The molecule has 1 heterocycles. The number of halogens is 3. The van der Waals surface area contributed by atoms with Gasteiger partial charge in [0.05, 0.1) is 13.3 Å². The first-order valence-corrected chi connectivity index (χ1v) is 6.59. The van der Waals surface area contributed by atoms with E-state index >= 15 is 0 Å². The summed E-state index contributed by atoms with van der Waals surface area (Å²) in [6.45, 7) is 0.0313. The van der Waals surface area contributed by atoms with E-state index in [0.717, 1.165) is 10.8 Å². The summed E-state index contributed by atoms with van der Waals surface area (Å²) in [7, 11) is 2.56. The van der Waals surface area contributed by atoms with E-state index < -0.39 is 17.7 Å². The molecule has 6 nitrogen and oxygen atoms in total. The Hall–Kier alpha value is -1.70. The molecular formula is C12H16ClF2N3O3. The van der Waals surface area contributed by atoms with Crippen molar-refractivity contribution in [2.45, 2.75) is 25.2 Å². The molecule has 0 aliphatic carbocycles. The Labute approximate surface area is 125 Å². The number of carbonyl (C=O) groups excluding carboxylic acids is 2. The minimum Gasteiger partial charge on any atom is -0.469 e. The smallest absolute Gasteiger partial charge is 0.381 e. The van der Waals surface area contributed by atoms with Gasteiger partial charge < -0.3 is 14.6 Å². The highest BCUT2D eigenvalue weighted by atomic mass is 35.5. The second-order valence-electron chi connectivity index (χ2n) is 4.33. The molecule has 0 aliphatic heterocycles. The molecule has 0 bridgehead atoms. The highest BCUT2D eigenvalue weighted by Gasteiger charge is 2.44. The number of alkyl halides is 2. The van der Waals surface area contributed by atoms with Gasteiger partial charge in [0.1, 0.15) is 5.15 Å². The maximum absolute atomic E-state index is 13.9. The second-order valence-corrected chi connectivity index (χ2v) is 4.71. The molecule has 0 saturated carbocycles. The topological polar surface area (TPSA) is 73.2 Å². The van der Waals surface area contributed by atoms with Crippen molar-refractivity contribution < 1.29 is 23.1 Å². The van der Waals surface area contributed by atoms with Crippen LogP contribution in [0.4, 0.5) is 8.78 Å². The largest absolute Gasteiger partial charge is 0.469 e. The van der Waals surface area contributed by atoms with E-state index in [-0.39, 0.29) is 24.1 Å². The quantitative estimate of drug-likeness (QED) is 0.611. The lowest BCUT2D eigenvalue weighted by Gasteiger charge is -2.15. The Morgan fingerprint density at radius 1 is 1.48 bits per heavy atom. The van der Waals surface area contributed by atoms with Crippen LogP contribution in [0.1, 0.15) is 25.1 Å². The summed E-state index contributed by atoms with van der Waals surface area (Å²) >= 11 is 5.62. The molecule has 21 heavy (non-hydrogen) atoms. The van der Waals surface area contributed by atoms with Crippen molar-refractivity contribution >= 4 is 23.5 Å². The molecule has 0 saturated heterocycles. The zero-order chi connectivity index (χ0) is 16.0. The summed E-state index contributed by atoms with van der Waals surface area (Å²) in [6, 6.07) is 0. The van der Waals surface area contributed by atoms with Crippen LogP contribution in [0.5, 0.6) is 0 Å². The third-order valence-corrected chi connectivity index (χ3v) is 3.17. The molecule has 0 radical (unpaired) electrons. The van der Waals surface area contributed by atoms with Crippen molar-refractivity contribution in [3.8, 4) is 0 Å². The van der Waals surface area contributed by atoms with Crippen LogP contribution in [0.3, 0.4) is 0 Å². The first-order valence-electron chi connectivity index (χ1n) is 6.21. The predicted octanol–water partition coefficient (Wildman–Crippen LogP) is 1.62. The minimum atomic E-state index is -3.77. The van der Waals surface area contributed by atoms with Gasteiger partial charge in [-0.3, -0.25) is 9.59 Å². The van der Waals surface area contributed by atoms with E-state index in [1.54, 1.807) is 0 Å². The summed E-state index contributed by atoms with van der Waals surface area (Å²) in [5.41, 5.74) is 0. The van der Waals surface area contributed by atoms with Gasteiger partial charge in [-0.2, -0.15) is 8.78 Å². The Bertz CT molecular complexity index is 520. The fourth-order valence-corrected chi connectivity index (χ4v) is 1.72. The molecule has 9 heteroatoms. The fourth-order valence-electron chi connectivity index (χ4n) is 1.59. The highest BCUT2D eigenvalue weighted by Crippen LogP contribution is 2.28. The van der Waals surface area contributed by atoms with E-state index in [1.807, 2.05) is 0 Å². The lowest BCUT2D eigenvalue weighted by atomic mass is 10.2. The number of methoxy groups -OCH3 is 1. The number of hydrogen-bond donors (Lipinski definition) is 1. The first-order chi connectivity index (χ1) is 9.80. The normalized spacial score (nSPS) is 11.3. The number of rotatable bonds is 7. The van der Waals surface area contributed by atoms with Crippen LogP contribution >= 0.6 is 11.6 Å². The summed E-state index contributed by atoms with van der Waals surface area (Å²) in [5.74, 6) is -6.33. The van der Waals surface area contributed by atoms with Crippen LogP contribution in [0.15, 0.2) is 6.20 Å². The monoisotopic (exact) mass is 323 g/mol. The van der Waals surface area contributed by atoms with Gasteiger partial charge >= 0.3 is 11.9 Å². The van der Waals surface area contributed by atoms with Crippen LogP contribution in [0.25, 0.3) is 0 Å². The third kappa shape index (κ3) is 4.38. The number of esters is 1. The van der Waals surface area contributed by atoms with Gasteiger partial charge in [-0.15, -0.1) is 0 Å². The van der Waals surface area contributed by atoms with Gasteiger partial charge in [-0.25, -0.2) is 4.98 Å². The minimum absolute atomic E-state index is 0.00977. The van der Waals surface area contributed by atoms with Crippen molar-refractivity contribution in [2.24, 2.45) is 7.05 Å². The molecule has 1 aromatic heterocycles. The maximum atomic E-state index is 13.9. The Morgan fingerprint density at radius 3 is 2.67 bits per heavy atom. The Kier molecular flexibility index (Phi) is 6.07. The molecule has 0 atom stereocenters. The number of imidazole rings is 1. The molecule has 0 unspecified atom stereocenters. The number of aromatic nitrogens is 2. The van der Waals surface area contributed by atoms with E-state index in [0.29, 0.717) is 12.8 Å². The fraction of sp³-hybridized carbons (Fsp3) is 0.583. The molecule has 1 aromatic rings. The molecule has 1 N–H and O–H groups in total. The van der Waals surface area contributed by atoms with Crippen molar-refractivity contribution in [3.05, 3.63) is 17.2 Å². The standard InChI is InChI=1S/C12H16ClF2N3O3/c1-18-8(13)7-17-10(18)12(14,15)11(20)16-6-4-3-5-9(19)21-2/h7H,3-6H2,1-2H3,(H,16,20). The predicted molar refractivity (Wildman–Crippen MR) is 71.0 cm³/mol. The summed E-state index contributed by atoms with van der Waals surface area (Å²) in [4.78, 5) is 25.8. The molecule has 0 aliphatic rings. The molecular weight excluding hydrogens is 308 g/mol. The van der Waals surface area contributed by atoms with Crippen LogP contribution in [0, 0.1) is 0 Å². The Morgan fingerprint density at radius 2 is 2.14 bits per heavy atom. The lowest BCUT2D eigenvalue weighted by Crippen LogP contribution is -2.40. The van der Waals surface area contributed by atoms with Crippen molar-refractivity contribution in [1.82, 2.24) is 14.9 Å². The number of unbranched alkanes of at least 4 members (excludes halogenated alkanes) is 1. The first kappa shape index (κ1) is 17.4. The van der Waals surface area contributed by atoms with Crippen LogP contribution in [0.2, 0.25) is 5.15 Å². The summed E-state index contributed by atoms with van der Waals surface area (Å²) < 4.78 is 33.2. The summed E-state index contributed by atoms with van der Waals surface area (Å²) in [6.07, 6.45) is 2.05. The number of amides is 1. The van der Waals surface area contributed by atoms with Gasteiger partial charge in [0.2, 0.25) is 0 Å². The second kappa shape index (κ2) is 7.35. The Balaban J connectivity index is 2.47. The van der Waals surface area contributed by atoms with Gasteiger partial charge in [-0.1, -0.05) is 11.6 Å². The molecule has 1 rings (SSSR count). The van der Waals surface area contributed by atoms with E-state index in [2.05, 4.69) is 15.0 Å². The van der Waals surface area contributed by atoms with Gasteiger partial charge in [-0.05, 0) is 12.8 Å². The van der Waals surface area contributed by atoms with Gasteiger partial charge in [0.25, 0.3) is 5.91 Å². The molecule has 1 amide bonds. The lowest BCUT2D eigenvalue weighted by molar-refractivity contribution is -0.148. The highest BCUT2D eigenvalue weighted by molar-refractivity contribution is 6.29. The zero-order valence-corrected chi connectivity index (χ0v) is 12.4. The number of ether oxygens (including phenoxy) is 1. The van der Waals surface area contributed by atoms with Crippen LogP contribution in [-0.4, -0.2) is 35.1 Å². The van der Waals surface area contributed by atoms with Crippen molar-refractivity contribution in [1.29, 1.82) is 0 Å². The van der Waals surface area contributed by atoms with Gasteiger partial charge in [0, 0.05) is 20.0 Å². The third-order valence-electron chi connectivity index (χ3n) is 2.82. The number of nitrogens with zero attached hydrogens (tertiary/aromatic N) is 2. The SMILES string of the molecule is COC(=O)CCCCNC(=O)C(F)(F)c1ncc(Cl)n1C. The van der Waals surface area contributed by atoms with E-state index in [1.165, 1.54) is 14.2 Å². The van der Waals surface area contributed by atoms with Crippen molar-refractivity contribution in [3.63, 3.8) is 0 Å². The number of hydrogen-bond acceptors (Lipinski definition) is 4. The van der Waals surface area contributed by atoms with E-state index in [9.17, 15) is 18.4 Å². The number of carbonyl (C=O) groups is 2. The van der Waals surface area contributed by atoms with Crippen LogP contribution in [-0.2, 0) is 27.3 Å². The average Bonchev–Trinajstić information content (AvgIpc) is 2.78. The van der Waals surface area contributed by atoms with E-state index in [4.69, 9.17) is 11.6 Å². The summed E-state index contributed by atoms with van der Waals surface area (Å²) in [5, 5.41) is 2.12. The molecule has 0 fully saturated rings. The van der Waals surface area contributed by atoms with Crippen molar-refractivity contribution in [2.75, 3.05) is 13.7 Å². The van der Waals surface area contributed by atoms with Gasteiger partial charge in [0.15, 0.2) is 5.82 Å². The maximum Gasteiger partial charge on any atom is 0.381 e. The zero-order valence-electron chi connectivity index (χ0n) is 11.7. The molecule has 0 aromatic carbocycles. The van der Waals surface area contributed by atoms with Crippen LogP contribution < -0.4 is 5.32 Å². The molecule has 118 valence electrons. The number of nitrogens with one attached hydrogen (secondary N) is 1. The molecule has 0 spiro atoms. The average molecular weight is 324 g/mol.